The average molecular weight is 325 g/mol. The molecule has 1 N–H and O–H groups in total. The van der Waals surface area contributed by atoms with E-state index < -0.39 is 0 Å². The van der Waals surface area contributed by atoms with Crippen LogP contribution in [-0.2, 0) is 9.59 Å². The number of nitrogens with one attached hydrogen (secondary N) is 1. The van der Waals surface area contributed by atoms with Crippen LogP contribution in [0.15, 0.2) is 10.6 Å². The highest BCUT2D eigenvalue weighted by molar-refractivity contribution is 8.01. The van der Waals surface area contributed by atoms with Gasteiger partial charge in [-0.25, -0.2) is 0 Å². The lowest BCUT2D eigenvalue weighted by molar-refractivity contribution is -0.128. The van der Waals surface area contributed by atoms with Gasteiger partial charge >= 0.3 is 0 Å². The van der Waals surface area contributed by atoms with Crippen molar-refractivity contribution in [1.29, 1.82) is 0 Å². The van der Waals surface area contributed by atoms with E-state index in [1.165, 1.54) is 24.6 Å². The van der Waals surface area contributed by atoms with Gasteiger partial charge in [0, 0.05) is 19.2 Å². The molecule has 122 valence electrons. The maximum Gasteiger partial charge on any atom is 0.238 e. The van der Waals surface area contributed by atoms with Gasteiger partial charge in [0.1, 0.15) is 5.76 Å². The molecule has 1 atom stereocenters. The Labute approximate surface area is 135 Å². The van der Waals surface area contributed by atoms with Crippen LogP contribution in [0.3, 0.4) is 0 Å². The summed E-state index contributed by atoms with van der Waals surface area (Å²) < 4.78 is 4.90. The minimum Gasteiger partial charge on any atom is -0.360 e. The number of nitrogens with zero attached hydrogens (tertiary/aromatic N) is 2. The van der Waals surface area contributed by atoms with Crippen molar-refractivity contribution in [2.45, 2.75) is 44.8 Å². The van der Waals surface area contributed by atoms with Gasteiger partial charge < -0.3 is 14.7 Å². The normalized spacial score (nSPS) is 16.9. The van der Waals surface area contributed by atoms with Crippen molar-refractivity contribution in [2.75, 3.05) is 24.2 Å². The monoisotopic (exact) mass is 325 g/mol. The molecule has 0 radical (unpaired) electrons. The quantitative estimate of drug-likeness (QED) is 0.900. The summed E-state index contributed by atoms with van der Waals surface area (Å²) in [5.74, 6) is 1.36. The predicted molar refractivity (Wildman–Crippen MR) is 86.8 cm³/mol. The summed E-state index contributed by atoms with van der Waals surface area (Å²) in [5.41, 5.74) is 0. The number of aromatic nitrogens is 1. The third kappa shape index (κ3) is 5.05. The predicted octanol–water partition coefficient (Wildman–Crippen LogP) is 2.45. The standard InChI is InChI=1S/C15H23N3O3S/c1-11-9-13(17-21-11)16-15(20)12(2)22-10-14(19)18-7-5-3-4-6-8-18/h9,12H,3-8,10H2,1-2H3,(H,16,17,20). The molecule has 2 rings (SSSR count). The molecule has 22 heavy (non-hydrogen) atoms. The smallest absolute Gasteiger partial charge is 0.238 e. The van der Waals surface area contributed by atoms with Crippen molar-refractivity contribution in [2.24, 2.45) is 0 Å². The molecule has 2 heterocycles. The van der Waals surface area contributed by atoms with Gasteiger partial charge in [0.25, 0.3) is 0 Å². The number of thioether (sulfide) groups is 1. The fourth-order valence-corrected chi connectivity index (χ4v) is 3.12. The van der Waals surface area contributed by atoms with Crippen LogP contribution in [0, 0.1) is 6.92 Å². The van der Waals surface area contributed by atoms with Crippen LogP contribution in [-0.4, -0.2) is 46.0 Å². The second-order valence-corrected chi connectivity index (χ2v) is 6.89. The van der Waals surface area contributed by atoms with Gasteiger partial charge in [0.15, 0.2) is 5.82 Å². The van der Waals surface area contributed by atoms with E-state index in [1.807, 2.05) is 4.90 Å². The van der Waals surface area contributed by atoms with Crippen molar-refractivity contribution >= 4 is 29.4 Å². The minimum atomic E-state index is -0.312. The van der Waals surface area contributed by atoms with Crippen LogP contribution in [0.5, 0.6) is 0 Å². The summed E-state index contributed by atoms with van der Waals surface area (Å²) in [6, 6.07) is 1.66. The Hall–Kier alpha value is -1.50. The molecule has 0 aromatic carbocycles. The minimum absolute atomic E-state index is 0.129. The van der Waals surface area contributed by atoms with E-state index in [4.69, 9.17) is 4.52 Å². The molecule has 1 aliphatic heterocycles. The maximum atomic E-state index is 12.2. The van der Waals surface area contributed by atoms with E-state index in [0.717, 1.165) is 25.9 Å². The Balaban J connectivity index is 1.75. The largest absolute Gasteiger partial charge is 0.360 e. The van der Waals surface area contributed by atoms with Gasteiger partial charge in [-0.3, -0.25) is 9.59 Å². The Morgan fingerprint density at radius 1 is 1.36 bits per heavy atom. The summed E-state index contributed by atoms with van der Waals surface area (Å²) in [5, 5.41) is 6.10. The molecule has 0 spiro atoms. The first-order chi connectivity index (χ1) is 10.6. The van der Waals surface area contributed by atoms with Crippen LogP contribution in [0.2, 0.25) is 0 Å². The summed E-state index contributed by atoms with van der Waals surface area (Å²) in [6.07, 6.45) is 4.57. The topological polar surface area (TPSA) is 75.4 Å². The Kier molecular flexibility index (Phi) is 6.30. The summed E-state index contributed by atoms with van der Waals surface area (Å²) in [4.78, 5) is 26.1. The highest BCUT2D eigenvalue weighted by Gasteiger charge is 2.20. The second-order valence-electron chi connectivity index (χ2n) is 5.56. The highest BCUT2D eigenvalue weighted by Crippen LogP contribution is 2.16. The SMILES string of the molecule is Cc1cc(NC(=O)C(C)SCC(=O)N2CCCCCC2)no1. The van der Waals surface area contributed by atoms with Crippen molar-refractivity contribution < 1.29 is 14.1 Å². The molecule has 1 aromatic heterocycles. The van der Waals surface area contributed by atoms with Crippen molar-refractivity contribution in [1.82, 2.24) is 10.1 Å². The van der Waals surface area contributed by atoms with Crippen LogP contribution in [0.1, 0.15) is 38.4 Å². The molecule has 1 saturated heterocycles. The van der Waals surface area contributed by atoms with Crippen LogP contribution in [0.4, 0.5) is 5.82 Å². The molecule has 1 aliphatic rings. The molecule has 1 aromatic rings. The molecule has 1 unspecified atom stereocenters. The van der Waals surface area contributed by atoms with E-state index in [1.54, 1.807) is 19.9 Å². The van der Waals surface area contributed by atoms with Gasteiger partial charge in [-0.05, 0) is 26.7 Å². The van der Waals surface area contributed by atoms with Crippen molar-refractivity contribution in [3.63, 3.8) is 0 Å². The number of hydrogen-bond acceptors (Lipinski definition) is 5. The van der Waals surface area contributed by atoms with Gasteiger partial charge in [0.05, 0.1) is 11.0 Å². The summed E-state index contributed by atoms with van der Waals surface area (Å²) in [7, 11) is 0. The molecule has 0 aliphatic carbocycles. The molecule has 0 saturated carbocycles. The van der Waals surface area contributed by atoms with Crippen LogP contribution >= 0.6 is 11.8 Å². The molecule has 6 nitrogen and oxygen atoms in total. The lowest BCUT2D eigenvalue weighted by Crippen LogP contribution is -2.34. The number of carbonyl (C=O) groups is 2. The second kappa shape index (κ2) is 8.22. The Bertz CT molecular complexity index is 510. The fraction of sp³-hybridized carbons (Fsp3) is 0.667. The molecule has 1 fully saturated rings. The van der Waals surface area contributed by atoms with E-state index >= 15 is 0 Å². The third-order valence-corrected chi connectivity index (χ3v) is 4.79. The molecule has 2 amide bonds. The van der Waals surface area contributed by atoms with Gasteiger partial charge in [-0.2, -0.15) is 0 Å². The number of carbonyl (C=O) groups excluding carboxylic acids is 2. The number of aryl methyl sites for hydroxylation is 1. The molecule has 7 heteroatoms. The first-order valence-corrected chi connectivity index (χ1v) is 8.74. The van der Waals surface area contributed by atoms with Gasteiger partial charge in [0.2, 0.25) is 11.8 Å². The summed E-state index contributed by atoms with van der Waals surface area (Å²) >= 11 is 1.36. The first kappa shape index (κ1) is 16.9. The lowest BCUT2D eigenvalue weighted by atomic mass is 10.2. The first-order valence-electron chi connectivity index (χ1n) is 7.70. The zero-order valence-electron chi connectivity index (χ0n) is 13.1. The fourth-order valence-electron chi connectivity index (χ4n) is 2.34. The van der Waals surface area contributed by atoms with E-state index in [9.17, 15) is 9.59 Å². The Morgan fingerprint density at radius 3 is 2.64 bits per heavy atom. The number of amides is 2. The average Bonchev–Trinajstić information content (AvgIpc) is 2.76. The molecular weight excluding hydrogens is 302 g/mol. The lowest BCUT2D eigenvalue weighted by Gasteiger charge is -2.20. The van der Waals surface area contributed by atoms with Crippen molar-refractivity contribution in [3.05, 3.63) is 11.8 Å². The van der Waals surface area contributed by atoms with E-state index in [-0.39, 0.29) is 17.1 Å². The number of likely N-dealkylation sites (tertiary alicyclic amines) is 1. The maximum absolute atomic E-state index is 12.2. The number of rotatable bonds is 5. The molecule has 0 bridgehead atoms. The van der Waals surface area contributed by atoms with Crippen LogP contribution < -0.4 is 5.32 Å². The van der Waals surface area contributed by atoms with E-state index in [2.05, 4.69) is 10.5 Å². The van der Waals surface area contributed by atoms with Crippen molar-refractivity contribution in [3.8, 4) is 0 Å². The highest BCUT2D eigenvalue weighted by atomic mass is 32.2. The van der Waals surface area contributed by atoms with Gasteiger partial charge in [-0.15, -0.1) is 11.8 Å². The molecular formula is C15H23N3O3S. The number of hydrogen-bond donors (Lipinski definition) is 1. The Morgan fingerprint density at radius 2 is 2.05 bits per heavy atom. The summed E-state index contributed by atoms with van der Waals surface area (Å²) in [6.45, 7) is 5.25. The van der Waals surface area contributed by atoms with Crippen LogP contribution in [0.25, 0.3) is 0 Å². The zero-order valence-corrected chi connectivity index (χ0v) is 13.9. The van der Waals surface area contributed by atoms with E-state index in [0.29, 0.717) is 17.3 Å². The van der Waals surface area contributed by atoms with Gasteiger partial charge in [-0.1, -0.05) is 18.0 Å². The third-order valence-electron chi connectivity index (χ3n) is 3.66. The number of anilines is 1. The zero-order chi connectivity index (χ0) is 15.9.